The minimum absolute atomic E-state index is 0.220. The van der Waals surface area contributed by atoms with Crippen LogP contribution in [0.5, 0.6) is 5.75 Å². The standard InChI is InChI=1S/C15H20N2O2/c1-2-19-12-6-3-5-11(9-12)17-14-7-4-8-16-13(14)10-15(17)18/h3,5-6,9,13-14,16H,2,4,7-8,10H2,1H3. The van der Waals surface area contributed by atoms with Gasteiger partial charge in [0.05, 0.1) is 12.6 Å². The second-order valence-electron chi connectivity index (χ2n) is 5.17. The number of rotatable bonds is 3. The summed E-state index contributed by atoms with van der Waals surface area (Å²) in [4.78, 5) is 14.2. The fourth-order valence-electron chi connectivity index (χ4n) is 3.15. The molecule has 1 amide bonds. The largest absolute Gasteiger partial charge is 0.494 e. The van der Waals surface area contributed by atoms with Gasteiger partial charge in [0.25, 0.3) is 0 Å². The Hall–Kier alpha value is -1.55. The minimum Gasteiger partial charge on any atom is -0.494 e. The van der Waals surface area contributed by atoms with Crippen LogP contribution >= 0.6 is 0 Å². The number of nitrogens with zero attached hydrogens (tertiary/aromatic N) is 1. The first-order valence-corrected chi connectivity index (χ1v) is 7.08. The van der Waals surface area contributed by atoms with Crippen molar-refractivity contribution in [2.45, 2.75) is 38.3 Å². The van der Waals surface area contributed by atoms with Crippen molar-refractivity contribution in [2.24, 2.45) is 0 Å². The highest BCUT2D eigenvalue weighted by molar-refractivity contribution is 5.97. The van der Waals surface area contributed by atoms with Crippen LogP contribution in [0.15, 0.2) is 24.3 Å². The van der Waals surface area contributed by atoms with Gasteiger partial charge in [-0.25, -0.2) is 0 Å². The summed E-state index contributed by atoms with van der Waals surface area (Å²) in [5, 5.41) is 3.46. The number of nitrogens with one attached hydrogen (secondary N) is 1. The normalized spacial score (nSPS) is 26.4. The third kappa shape index (κ3) is 2.32. The van der Waals surface area contributed by atoms with E-state index in [1.807, 2.05) is 36.1 Å². The van der Waals surface area contributed by atoms with Crippen molar-refractivity contribution in [3.8, 4) is 5.75 Å². The van der Waals surface area contributed by atoms with E-state index in [-0.39, 0.29) is 5.91 Å². The zero-order chi connectivity index (χ0) is 13.2. The zero-order valence-corrected chi connectivity index (χ0v) is 11.3. The van der Waals surface area contributed by atoms with E-state index in [9.17, 15) is 4.79 Å². The maximum atomic E-state index is 12.3. The molecule has 2 heterocycles. The van der Waals surface area contributed by atoms with E-state index in [2.05, 4.69) is 5.32 Å². The quantitative estimate of drug-likeness (QED) is 0.903. The molecule has 0 radical (unpaired) electrons. The van der Waals surface area contributed by atoms with Crippen molar-refractivity contribution in [2.75, 3.05) is 18.1 Å². The third-order valence-electron chi connectivity index (χ3n) is 3.95. The van der Waals surface area contributed by atoms with Gasteiger partial charge in [0.2, 0.25) is 5.91 Å². The van der Waals surface area contributed by atoms with E-state index in [1.54, 1.807) is 0 Å². The maximum absolute atomic E-state index is 12.3. The SMILES string of the molecule is CCOc1cccc(N2C(=O)CC3NCCCC32)c1. The average Bonchev–Trinajstić information content (AvgIpc) is 2.75. The lowest BCUT2D eigenvalue weighted by Gasteiger charge is -2.32. The Morgan fingerprint density at radius 3 is 3.21 bits per heavy atom. The molecule has 2 saturated heterocycles. The van der Waals surface area contributed by atoms with Crippen molar-refractivity contribution >= 4 is 11.6 Å². The van der Waals surface area contributed by atoms with Gasteiger partial charge in [-0.15, -0.1) is 0 Å². The number of amides is 1. The highest BCUT2D eigenvalue weighted by Gasteiger charge is 2.41. The Kier molecular flexibility index (Phi) is 3.42. The van der Waals surface area contributed by atoms with E-state index in [4.69, 9.17) is 4.74 Å². The molecule has 1 aromatic rings. The second kappa shape index (κ2) is 5.21. The van der Waals surface area contributed by atoms with Gasteiger partial charge >= 0.3 is 0 Å². The number of benzene rings is 1. The van der Waals surface area contributed by atoms with Crippen LogP contribution in [0.1, 0.15) is 26.2 Å². The number of anilines is 1. The van der Waals surface area contributed by atoms with E-state index >= 15 is 0 Å². The number of piperidine rings is 1. The molecule has 2 atom stereocenters. The smallest absolute Gasteiger partial charge is 0.228 e. The van der Waals surface area contributed by atoms with Crippen LogP contribution in [0.2, 0.25) is 0 Å². The molecule has 4 heteroatoms. The molecule has 0 spiro atoms. The topological polar surface area (TPSA) is 41.6 Å². The molecule has 0 aliphatic carbocycles. The Morgan fingerprint density at radius 1 is 1.47 bits per heavy atom. The molecule has 2 aliphatic rings. The summed E-state index contributed by atoms with van der Waals surface area (Å²) in [6.45, 7) is 3.64. The van der Waals surface area contributed by atoms with Gasteiger partial charge in [0.15, 0.2) is 0 Å². The Morgan fingerprint density at radius 2 is 2.37 bits per heavy atom. The highest BCUT2D eigenvalue weighted by atomic mass is 16.5. The molecule has 0 aromatic heterocycles. The lowest BCUT2D eigenvalue weighted by molar-refractivity contribution is -0.117. The van der Waals surface area contributed by atoms with E-state index in [0.29, 0.717) is 25.1 Å². The first-order valence-electron chi connectivity index (χ1n) is 7.08. The predicted molar refractivity (Wildman–Crippen MR) is 74.5 cm³/mol. The molecule has 2 unspecified atom stereocenters. The highest BCUT2D eigenvalue weighted by Crippen LogP contribution is 2.32. The minimum atomic E-state index is 0.220. The molecule has 1 aromatic carbocycles. The van der Waals surface area contributed by atoms with Gasteiger partial charge in [-0.3, -0.25) is 4.79 Å². The fourth-order valence-corrected chi connectivity index (χ4v) is 3.15. The van der Waals surface area contributed by atoms with Crippen LogP contribution in [0.3, 0.4) is 0 Å². The summed E-state index contributed by atoms with van der Waals surface area (Å²) in [6, 6.07) is 8.48. The number of fused-ring (bicyclic) bond motifs is 1. The van der Waals surface area contributed by atoms with Crippen LogP contribution in [0, 0.1) is 0 Å². The van der Waals surface area contributed by atoms with Crippen molar-refractivity contribution < 1.29 is 9.53 Å². The van der Waals surface area contributed by atoms with Crippen molar-refractivity contribution in [3.63, 3.8) is 0 Å². The maximum Gasteiger partial charge on any atom is 0.228 e. The van der Waals surface area contributed by atoms with E-state index in [0.717, 1.165) is 30.8 Å². The van der Waals surface area contributed by atoms with Gasteiger partial charge in [-0.05, 0) is 38.4 Å². The monoisotopic (exact) mass is 260 g/mol. The summed E-state index contributed by atoms with van der Waals surface area (Å²) in [7, 11) is 0. The summed E-state index contributed by atoms with van der Waals surface area (Å²) in [6.07, 6.45) is 2.84. The number of carbonyl (C=O) groups is 1. The number of ether oxygens (including phenoxy) is 1. The zero-order valence-electron chi connectivity index (χ0n) is 11.3. The lowest BCUT2D eigenvalue weighted by atomic mass is 9.99. The molecule has 2 fully saturated rings. The molecular formula is C15H20N2O2. The Balaban J connectivity index is 1.87. The molecule has 102 valence electrons. The number of hydrogen-bond donors (Lipinski definition) is 1. The van der Waals surface area contributed by atoms with Crippen LogP contribution in [0.25, 0.3) is 0 Å². The molecule has 19 heavy (non-hydrogen) atoms. The van der Waals surface area contributed by atoms with Crippen LogP contribution < -0.4 is 15.0 Å². The van der Waals surface area contributed by atoms with Crippen molar-refractivity contribution in [1.82, 2.24) is 5.32 Å². The van der Waals surface area contributed by atoms with Crippen molar-refractivity contribution in [1.29, 1.82) is 0 Å². The first-order chi connectivity index (χ1) is 9.29. The van der Waals surface area contributed by atoms with Crippen molar-refractivity contribution in [3.05, 3.63) is 24.3 Å². The van der Waals surface area contributed by atoms with Gasteiger partial charge in [-0.2, -0.15) is 0 Å². The second-order valence-corrected chi connectivity index (χ2v) is 5.17. The molecule has 3 rings (SSSR count). The number of hydrogen-bond acceptors (Lipinski definition) is 3. The molecule has 4 nitrogen and oxygen atoms in total. The average molecular weight is 260 g/mol. The van der Waals surface area contributed by atoms with Crippen LogP contribution in [0.4, 0.5) is 5.69 Å². The van der Waals surface area contributed by atoms with Gasteiger partial charge < -0.3 is 15.0 Å². The summed E-state index contributed by atoms with van der Waals surface area (Å²) in [5.74, 6) is 1.05. The third-order valence-corrected chi connectivity index (χ3v) is 3.95. The van der Waals surface area contributed by atoms with Gasteiger partial charge in [0, 0.05) is 24.2 Å². The number of carbonyl (C=O) groups excluding carboxylic acids is 1. The van der Waals surface area contributed by atoms with E-state index < -0.39 is 0 Å². The fraction of sp³-hybridized carbons (Fsp3) is 0.533. The molecule has 0 bridgehead atoms. The van der Waals surface area contributed by atoms with Gasteiger partial charge in [-0.1, -0.05) is 6.07 Å². The van der Waals surface area contributed by atoms with Gasteiger partial charge in [0.1, 0.15) is 5.75 Å². The molecule has 1 N–H and O–H groups in total. The molecular weight excluding hydrogens is 240 g/mol. The predicted octanol–water partition coefficient (Wildman–Crippen LogP) is 1.94. The van der Waals surface area contributed by atoms with E-state index in [1.165, 1.54) is 0 Å². The molecule has 0 saturated carbocycles. The Bertz CT molecular complexity index is 475. The summed E-state index contributed by atoms with van der Waals surface area (Å²) < 4.78 is 5.52. The first kappa shape index (κ1) is 12.5. The van der Waals surface area contributed by atoms with Crippen LogP contribution in [-0.4, -0.2) is 31.1 Å². The summed E-state index contributed by atoms with van der Waals surface area (Å²) >= 11 is 0. The Labute approximate surface area is 113 Å². The lowest BCUT2D eigenvalue weighted by Crippen LogP contribution is -2.47. The molecule has 2 aliphatic heterocycles. The van der Waals surface area contributed by atoms with Crippen LogP contribution in [-0.2, 0) is 4.79 Å². The summed E-state index contributed by atoms with van der Waals surface area (Å²) in [5.41, 5.74) is 0.965.